The molecule has 3 rings (SSSR count). The van der Waals surface area contributed by atoms with Crippen LogP contribution in [0.15, 0.2) is 30.6 Å². The van der Waals surface area contributed by atoms with Crippen LogP contribution in [-0.2, 0) is 11.2 Å². The van der Waals surface area contributed by atoms with Crippen LogP contribution >= 0.6 is 0 Å². The average molecular weight is 355 g/mol. The third-order valence-corrected chi connectivity index (χ3v) is 4.42. The zero-order valence-electron chi connectivity index (χ0n) is 15.3. The van der Waals surface area contributed by atoms with Gasteiger partial charge in [0.1, 0.15) is 5.69 Å². The molecule has 7 nitrogen and oxygen atoms in total. The SMILES string of the molecule is Cc1cc(C(=O)N(C)CCc2ccncc2)nc(NCC2CCCO2)n1. The van der Waals surface area contributed by atoms with Gasteiger partial charge in [0.2, 0.25) is 5.95 Å². The van der Waals surface area contributed by atoms with Crippen LogP contribution in [0, 0.1) is 6.92 Å². The quantitative estimate of drug-likeness (QED) is 0.819. The van der Waals surface area contributed by atoms with Gasteiger partial charge in [-0.3, -0.25) is 9.78 Å². The van der Waals surface area contributed by atoms with Gasteiger partial charge in [0, 0.05) is 44.8 Å². The van der Waals surface area contributed by atoms with Crippen LogP contribution in [0.5, 0.6) is 0 Å². The van der Waals surface area contributed by atoms with Gasteiger partial charge in [-0.2, -0.15) is 0 Å². The Bertz CT molecular complexity index is 732. The highest BCUT2D eigenvalue weighted by Gasteiger charge is 2.18. The average Bonchev–Trinajstić information content (AvgIpc) is 3.18. The molecule has 1 N–H and O–H groups in total. The molecule has 0 aliphatic carbocycles. The van der Waals surface area contributed by atoms with E-state index in [0.717, 1.165) is 37.1 Å². The molecule has 1 aliphatic heterocycles. The highest BCUT2D eigenvalue weighted by Crippen LogP contribution is 2.13. The van der Waals surface area contributed by atoms with E-state index in [4.69, 9.17) is 4.74 Å². The molecule has 0 aromatic carbocycles. The van der Waals surface area contributed by atoms with Crippen molar-refractivity contribution in [2.24, 2.45) is 0 Å². The maximum Gasteiger partial charge on any atom is 0.272 e. The van der Waals surface area contributed by atoms with E-state index in [-0.39, 0.29) is 12.0 Å². The number of hydrogen-bond acceptors (Lipinski definition) is 6. The zero-order chi connectivity index (χ0) is 18.4. The Hall–Kier alpha value is -2.54. The largest absolute Gasteiger partial charge is 0.376 e. The second-order valence-electron chi connectivity index (χ2n) is 6.57. The number of amides is 1. The maximum atomic E-state index is 12.7. The first-order valence-corrected chi connectivity index (χ1v) is 8.97. The van der Waals surface area contributed by atoms with Gasteiger partial charge >= 0.3 is 0 Å². The topological polar surface area (TPSA) is 80.2 Å². The number of aromatic nitrogens is 3. The number of carbonyl (C=O) groups excluding carboxylic acids is 1. The van der Waals surface area contributed by atoms with Gasteiger partial charge in [-0.25, -0.2) is 9.97 Å². The molecule has 1 fully saturated rings. The molecule has 1 saturated heterocycles. The van der Waals surface area contributed by atoms with E-state index in [0.29, 0.717) is 24.7 Å². The summed E-state index contributed by atoms with van der Waals surface area (Å²) in [7, 11) is 1.79. The molecule has 1 unspecified atom stereocenters. The van der Waals surface area contributed by atoms with E-state index in [2.05, 4.69) is 20.3 Å². The lowest BCUT2D eigenvalue weighted by Crippen LogP contribution is -2.30. The molecule has 138 valence electrons. The predicted octanol–water partition coefficient (Wildman–Crippen LogP) is 2.09. The molecule has 0 bridgehead atoms. The number of nitrogens with one attached hydrogen (secondary N) is 1. The van der Waals surface area contributed by atoms with Gasteiger partial charge in [0.15, 0.2) is 0 Å². The maximum absolute atomic E-state index is 12.7. The molecule has 1 amide bonds. The highest BCUT2D eigenvalue weighted by molar-refractivity contribution is 5.92. The molecular weight excluding hydrogens is 330 g/mol. The fraction of sp³-hybridized carbons (Fsp3) is 0.474. The molecule has 1 aliphatic rings. The molecule has 0 radical (unpaired) electrons. The molecule has 3 heterocycles. The number of anilines is 1. The minimum absolute atomic E-state index is 0.107. The third-order valence-electron chi connectivity index (χ3n) is 4.42. The Morgan fingerprint density at radius 1 is 1.35 bits per heavy atom. The third kappa shape index (κ3) is 4.98. The second-order valence-corrected chi connectivity index (χ2v) is 6.57. The monoisotopic (exact) mass is 355 g/mol. The molecule has 0 spiro atoms. The fourth-order valence-corrected chi connectivity index (χ4v) is 2.91. The summed E-state index contributed by atoms with van der Waals surface area (Å²) in [6.45, 7) is 3.96. The first-order valence-electron chi connectivity index (χ1n) is 8.97. The van der Waals surface area contributed by atoms with Crippen molar-refractivity contribution in [3.05, 3.63) is 47.5 Å². The lowest BCUT2D eigenvalue weighted by Gasteiger charge is -2.17. The molecular formula is C19H25N5O2. The molecule has 7 heteroatoms. The van der Waals surface area contributed by atoms with Crippen molar-refractivity contribution in [3.8, 4) is 0 Å². The van der Waals surface area contributed by atoms with E-state index in [1.807, 2.05) is 19.1 Å². The van der Waals surface area contributed by atoms with Crippen molar-refractivity contribution < 1.29 is 9.53 Å². The van der Waals surface area contributed by atoms with Crippen LogP contribution in [0.25, 0.3) is 0 Å². The van der Waals surface area contributed by atoms with Crippen molar-refractivity contribution in [2.45, 2.75) is 32.3 Å². The van der Waals surface area contributed by atoms with E-state index in [1.54, 1.807) is 30.4 Å². The lowest BCUT2D eigenvalue weighted by molar-refractivity contribution is 0.0790. The highest BCUT2D eigenvalue weighted by atomic mass is 16.5. The smallest absolute Gasteiger partial charge is 0.272 e. The van der Waals surface area contributed by atoms with Crippen LogP contribution < -0.4 is 5.32 Å². The minimum atomic E-state index is -0.107. The first kappa shape index (κ1) is 18.3. The van der Waals surface area contributed by atoms with E-state index >= 15 is 0 Å². The summed E-state index contributed by atoms with van der Waals surface area (Å²) in [6, 6.07) is 5.64. The van der Waals surface area contributed by atoms with Crippen molar-refractivity contribution in [2.75, 3.05) is 32.1 Å². The first-order chi connectivity index (χ1) is 12.6. The van der Waals surface area contributed by atoms with Crippen LogP contribution in [0.4, 0.5) is 5.95 Å². The number of ether oxygens (including phenoxy) is 1. The van der Waals surface area contributed by atoms with Crippen molar-refractivity contribution in [1.29, 1.82) is 0 Å². The van der Waals surface area contributed by atoms with Crippen molar-refractivity contribution in [3.63, 3.8) is 0 Å². The van der Waals surface area contributed by atoms with Crippen LogP contribution in [0.3, 0.4) is 0 Å². The van der Waals surface area contributed by atoms with Gasteiger partial charge in [-0.1, -0.05) is 0 Å². The summed E-state index contributed by atoms with van der Waals surface area (Å²) in [4.78, 5) is 27.2. The summed E-state index contributed by atoms with van der Waals surface area (Å²) in [5.41, 5.74) is 2.32. The van der Waals surface area contributed by atoms with Crippen LogP contribution in [0.1, 0.15) is 34.6 Å². The summed E-state index contributed by atoms with van der Waals surface area (Å²) in [5.74, 6) is 0.371. The Morgan fingerprint density at radius 3 is 2.88 bits per heavy atom. The number of nitrogens with zero attached hydrogens (tertiary/aromatic N) is 4. The second kappa shape index (κ2) is 8.71. The van der Waals surface area contributed by atoms with Gasteiger partial charge in [-0.15, -0.1) is 0 Å². The summed E-state index contributed by atoms with van der Waals surface area (Å²) in [5, 5.41) is 3.19. The molecule has 0 saturated carbocycles. The fourth-order valence-electron chi connectivity index (χ4n) is 2.91. The number of rotatable bonds is 7. The van der Waals surface area contributed by atoms with Crippen LogP contribution in [0.2, 0.25) is 0 Å². The summed E-state index contributed by atoms with van der Waals surface area (Å²) >= 11 is 0. The summed E-state index contributed by atoms with van der Waals surface area (Å²) < 4.78 is 5.60. The molecule has 2 aromatic rings. The summed E-state index contributed by atoms with van der Waals surface area (Å²) in [6.07, 6.45) is 6.63. The van der Waals surface area contributed by atoms with E-state index in [9.17, 15) is 4.79 Å². The number of likely N-dealkylation sites (N-methyl/N-ethyl adjacent to an activating group) is 1. The van der Waals surface area contributed by atoms with Gasteiger partial charge in [0.05, 0.1) is 6.10 Å². The Balaban J connectivity index is 1.60. The number of hydrogen-bond donors (Lipinski definition) is 1. The zero-order valence-corrected chi connectivity index (χ0v) is 15.3. The van der Waals surface area contributed by atoms with Crippen molar-refractivity contribution >= 4 is 11.9 Å². The number of carbonyl (C=O) groups is 1. The Labute approximate surface area is 153 Å². The van der Waals surface area contributed by atoms with Crippen LogP contribution in [-0.4, -0.2) is 58.6 Å². The lowest BCUT2D eigenvalue weighted by atomic mass is 10.2. The minimum Gasteiger partial charge on any atom is -0.376 e. The number of aryl methyl sites for hydroxylation is 1. The Kier molecular flexibility index (Phi) is 6.12. The van der Waals surface area contributed by atoms with Gasteiger partial charge < -0.3 is 15.0 Å². The van der Waals surface area contributed by atoms with E-state index < -0.39 is 0 Å². The van der Waals surface area contributed by atoms with Crippen molar-refractivity contribution in [1.82, 2.24) is 19.9 Å². The molecule has 26 heavy (non-hydrogen) atoms. The normalized spacial score (nSPS) is 16.5. The predicted molar refractivity (Wildman–Crippen MR) is 99.1 cm³/mol. The van der Waals surface area contributed by atoms with Gasteiger partial charge in [0.25, 0.3) is 5.91 Å². The molecule has 2 aromatic heterocycles. The van der Waals surface area contributed by atoms with E-state index in [1.165, 1.54) is 0 Å². The van der Waals surface area contributed by atoms with Gasteiger partial charge in [-0.05, 0) is 49.9 Å². The Morgan fingerprint density at radius 2 is 2.15 bits per heavy atom. The molecule has 1 atom stereocenters. The number of pyridine rings is 1. The standard InChI is InChI=1S/C19H25N5O2/c1-14-12-17(23-19(22-14)21-13-16-4-3-11-26-16)18(25)24(2)10-7-15-5-8-20-9-6-15/h5-6,8-9,12,16H,3-4,7,10-11,13H2,1-2H3,(H,21,22,23).